The molecular formula is C19H14BrNO2. The molecule has 3 nitrogen and oxygen atoms in total. The van der Waals surface area contributed by atoms with E-state index in [0.29, 0.717) is 0 Å². The molecule has 0 radical (unpaired) electrons. The highest BCUT2D eigenvalue weighted by Gasteiger charge is 2.00. The Morgan fingerprint density at radius 1 is 1.04 bits per heavy atom. The molecular weight excluding hydrogens is 354 g/mol. The summed E-state index contributed by atoms with van der Waals surface area (Å²) >= 11 is 3.37. The van der Waals surface area contributed by atoms with Crippen LogP contribution in [0.2, 0.25) is 0 Å². The first-order chi connectivity index (χ1) is 11.2. The van der Waals surface area contributed by atoms with Crippen LogP contribution in [0.25, 0.3) is 17.0 Å². The van der Waals surface area contributed by atoms with Gasteiger partial charge in [-0.25, -0.2) is 9.78 Å². The molecule has 3 rings (SSSR count). The lowest BCUT2D eigenvalue weighted by atomic mass is 10.2. The third-order valence-electron chi connectivity index (χ3n) is 3.30. The van der Waals surface area contributed by atoms with E-state index in [1.165, 1.54) is 6.08 Å². The number of ether oxygens (including phenoxy) is 1. The molecule has 2 aromatic carbocycles. The van der Waals surface area contributed by atoms with Gasteiger partial charge in [-0.2, -0.15) is 0 Å². The van der Waals surface area contributed by atoms with Gasteiger partial charge in [-0.3, -0.25) is 0 Å². The molecule has 0 unspecified atom stereocenters. The molecule has 0 spiro atoms. The maximum Gasteiger partial charge on any atom is 0.331 e. The SMILES string of the molecule is O=C(/C=C/c1ccc2ccccc2n1)OCc1ccc(Br)cc1. The van der Waals surface area contributed by atoms with Gasteiger partial charge in [0, 0.05) is 15.9 Å². The number of pyridine rings is 1. The molecule has 0 amide bonds. The second-order valence-corrected chi connectivity index (χ2v) is 5.91. The van der Waals surface area contributed by atoms with Crippen molar-refractivity contribution in [2.75, 3.05) is 0 Å². The Labute approximate surface area is 142 Å². The number of carbonyl (C=O) groups excluding carboxylic acids is 1. The van der Waals surface area contributed by atoms with Crippen LogP contribution in [0.3, 0.4) is 0 Å². The Morgan fingerprint density at radius 3 is 2.65 bits per heavy atom. The van der Waals surface area contributed by atoms with E-state index < -0.39 is 0 Å². The molecule has 0 aliphatic rings. The van der Waals surface area contributed by atoms with Gasteiger partial charge in [-0.1, -0.05) is 52.3 Å². The van der Waals surface area contributed by atoms with Crippen LogP contribution in [0.15, 0.2) is 71.2 Å². The fourth-order valence-electron chi connectivity index (χ4n) is 2.11. The molecule has 23 heavy (non-hydrogen) atoms. The maximum atomic E-state index is 11.8. The molecule has 0 aliphatic heterocycles. The predicted molar refractivity (Wildman–Crippen MR) is 94.7 cm³/mol. The van der Waals surface area contributed by atoms with E-state index in [-0.39, 0.29) is 12.6 Å². The third-order valence-corrected chi connectivity index (χ3v) is 3.83. The van der Waals surface area contributed by atoms with Gasteiger partial charge < -0.3 is 4.74 Å². The van der Waals surface area contributed by atoms with Gasteiger partial charge in [0.15, 0.2) is 0 Å². The smallest absolute Gasteiger partial charge is 0.331 e. The van der Waals surface area contributed by atoms with Crippen LogP contribution < -0.4 is 0 Å². The molecule has 0 fully saturated rings. The van der Waals surface area contributed by atoms with Crippen LogP contribution >= 0.6 is 15.9 Å². The average Bonchev–Trinajstić information content (AvgIpc) is 2.59. The van der Waals surface area contributed by atoms with Crippen LogP contribution in [-0.4, -0.2) is 11.0 Å². The zero-order valence-corrected chi connectivity index (χ0v) is 13.9. The lowest BCUT2D eigenvalue weighted by molar-refractivity contribution is -0.138. The summed E-state index contributed by atoms with van der Waals surface area (Å²) in [6.45, 7) is 0.252. The fourth-order valence-corrected chi connectivity index (χ4v) is 2.38. The Bertz CT molecular complexity index is 857. The van der Waals surface area contributed by atoms with Crippen LogP contribution in [0.1, 0.15) is 11.3 Å². The number of hydrogen-bond acceptors (Lipinski definition) is 3. The minimum atomic E-state index is -0.386. The first kappa shape index (κ1) is 15.4. The second kappa shape index (κ2) is 7.20. The van der Waals surface area contributed by atoms with Crippen LogP contribution in [0, 0.1) is 0 Å². The fraction of sp³-hybridized carbons (Fsp3) is 0.0526. The molecule has 1 heterocycles. The van der Waals surface area contributed by atoms with Gasteiger partial charge in [0.1, 0.15) is 6.61 Å². The standard InChI is InChI=1S/C19H14BrNO2/c20-16-8-5-14(6-9-16)13-23-19(22)12-11-17-10-7-15-3-1-2-4-18(15)21-17/h1-12H,13H2/b12-11+. The van der Waals surface area contributed by atoms with Crippen molar-refractivity contribution in [3.8, 4) is 0 Å². The summed E-state index contributed by atoms with van der Waals surface area (Å²) in [6, 6.07) is 19.4. The van der Waals surface area contributed by atoms with E-state index in [1.54, 1.807) is 6.08 Å². The summed E-state index contributed by atoms with van der Waals surface area (Å²) in [7, 11) is 0. The van der Waals surface area contributed by atoms with E-state index in [2.05, 4.69) is 20.9 Å². The van der Waals surface area contributed by atoms with E-state index in [0.717, 1.165) is 26.6 Å². The molecule has 0 saturated heterocycles. The monoisotopic (exact) mass is 367 g/mol. The minimum Gasteiger partial charge on any atom is -0.458 e. The number of esters is 1. The number of para-hydroxylation sites is 1. The zero-order chi connectivity index (χ0) is 16.1. The number of fused-ring (bicyclic) bond motifs is 1. The summed E-state index contributed by atoms with van der Waals surface area (Å²) < 4.78 is 6.20. The van der Waals surface area contributed by atoms with Crippen molar-refractivity contribution in [2.24, 2.45) is 0 Å². The topological polar surface area (TPSA) is 39.2 Å². The first-order valence-corrected chi connectivity index (χ1v) is 7.95. The molecule has 0 bridgehead atoms. The third kappa shape index (κ3) is 4.27. The lowest BCUT2D eigenvalue weighted by Gasteiger charge is -2.02. The molecule has 114 valence electrons. The van der Waals surface area contributed by atoms with Gasteiger partial charge >= 0.3 is 5.97 Å². The zero-order valence-electron chi connectivity index (χ0n) is 12.3. The van der Waals surface area contributed by atoms with E-state index >= 15 is 0 Å². The second-order valence-electron chi connectivity index (χ2n) is 5.00. The highest BCUT2D eigenvalue weighted by Crippen LogP contribution is 2.13. The van der Waals surface area contributed by atoms with Crippen molar-refractivity contribution in [1.29, 1.82) is 0 Å². The molecule has 1 aromatic heterocycles. The van der Waals surface area contributed by atoms with Gasteiger partial charge in [0.05, 0.1) is 11.2 Å². The normalized spacial score (nSPS) is 11.0. The van der Waals surface area contributed by atoms with E-state index in [9.17, 15) is 4.79 Å². The average molecular weight is 368 g/mol. The molecule has 3 aromatic rings. The van der Waals surface area contributed by atoms with Crippen molar-refractivity contribution in [3.63, 3.8) is 0 Å². The molecule has 0 N–H and O–H groups in total. The van der Waals surface area contributed by atoms with Gasteiger partial charge in [-0.05, 0) is 35.9 Å². The van der Waals surface area contributed by atoms with Crippen molar-refractivity contribution in [3.05, 3.63) is 82.5 Å². The lowest BCUT2D eigenvalue weighted by Crippen LogP contribution is -2.00. The maximum absolute atomic E-state index is 11.8. The Balaban J connectivity index is 1.61. The predicted octanol–water partition coefficient (Wildman–Crippen LogP) is 4.75. The summed E-state index contributed by atoms with van der Waals surface area (Å²) in [5.74, 6) is -0.386. The van der Waals surface area contributed by atoms with E-state index in [1.807, 2.05) is 60.7 Å². The van der Waals surface area contributed by atoms with Crippen molar-refractivity contribution < 1.29 is 9.53 Å². The van der Waals surface area contributed by atoms with Gasteiger partial charge in [0.25, 0.3) is 0 Å². The highest BCUT2D eigenvalue weighted by molar-refractivity contribution is 9.10. The number of carbonyl (C=O) groups is 1. The first-order valence-electron chi connectivity index (χ1n) is 7.16. The molecule has 4 heteroatoms. The number of hydrogen-bond donors (Lipinski definition) is 0. The molecule has 0 atom stereocenters. The molecule has 0 aliphatic carbocycles. The summed E-state index contributed by atoms with van der Waals surface area (Å²) in [6.07, 6.45) is 3.06. The number of halogens is 1. The largest absolute Gasteiger partial charge is 0.458 e. The quantitative estimate of drug-likeness (QED) is 0.493. The van der Waals surface area contributed by atoms with Crippen molar-refractivity contribution in [2.45, 2.75) is 6.61 Å². The summed E-state index contributed by atoms with van der Waals surface area (Å²) in [5, 5.41) is 1.07. The number of aromatic nitrogens is 1. The van der Waals surface area contributed by atoms with Crippen LogP contribution in [0.5, 0.6) is 0 Å². The van der Waals surface area contributed by atoms with Crippen molar-refractivity contribution in [1.82, 2.24) is 4.98 Å². The van der Waals surface area contributed by atoms with Crippen LogP contribution in [0.4, 0.5) is 0 Å². The number of benzene rings is 2. The summed E-state index contributed by atoms with van der Waals surface area (Å²) in [5.41, 5.74) is 2.57. The summed E-state index contributed by atoms with van der Waals surface area (Å²) in [4.78, 5) is 16.2. The van der Waals surface area contributed by atoms with Gasteiger partial charge in [0.2, 0.25) is 0 Å². The minimum absolute atomic E-state index is 0.252. The van der Waals surface area contributed by atoms with Crippen LogP contribution in [-0.2, 0) is 16.1 Å². The highest BCUT2D eigenvalue weighted by atomic mass is 79.9. The number of rotatable bonds is 4. The van der Waals surface area contributed by atoms with E-state index in [4.69, 9.17) is 4.74 Å². The van der Waals surface area contributed by atoms with Gasteiger partial charge in [-0.15, -0.1) is 0 Å². The van der Waals surface area contributed by atoms with Crippen molar-refractivity contribution >= 4 is 38.9 Å². The molecule has 0 saturated carbocycles. The number of nitrogens with zero attached hydrogens (tertiary/aromatic N) is 1. The Morgan fingerprint density at radius 2 is 1.83 bits per heavy atom. The Hall–Kier alpha value is -2.46. The Kier molecular flexibility index (Phi) is 4.83.